The Bertz CT molecular complexity index is 623. The number of halogens is 3. The minimum atomic E-state index is -4.53. The lowest BCUT2D eigenvalue weighted by Crippen LogP contribution is -2.22. The second-order valence-electron chi connectivity index (χ2n) is 5.47. The number of anilines is 1. The second kappa shape index (κ2) is 4.50. The highest BCUT2D eigenvalue weighted by Crippen LogP contribution is 2.34. The molecule has 20 heavy (non-hydrogen) atoms. The number of nitrogen functional groups attached to an aromatic ring is 1. The Kier molecular flexibility index (Phi) is 3.23. The van der Waals surface area contributed by atoms with Crippen molar-refractivity contribution in [3.63, 3.8) is 0 Å². The van der Waals surface area contributed by atoms with Crippen LogP contribution in [0.5, 0.6) is 0 Å². The fourth-order valence-corrected chi connectivity index (χ4v) is 1.69. The van der Waals surface area contributed by atoms with Gasteiger partial charge in [0.25, 0.3) is 0 Å². The first-order valence-corrected chi connectivity index (χ1v) is 5.98. The largest absolute Gasteiger partial charge is 0.419 e. The van der Waals surface area contributed by atoms with Gasteiger partial charge in [-0.3, -0.25) is 4.68 Å². The lowest BCUT2D eigenvalue weighted by atomic mass is 10.1. The van der Waals surface area contributed by atoms with E-state index in [0.29, 0.717) is 5.69 Å². The first-order valence-electron chi connectivity index (χ1n) is 5.98. The van der Waals surface area contributed by atoms with Crippen molar-refractivity contribution in [2.45, 2.75) is 32.5 Å². The molecule has 2 aromatic rings. The predicted octanol–water partition coefficient (Wildman–Crippen LogP) is 3.30. The van der Waals surface area contributed by atoms with E-state index in [2.05, 4.69) is 10.1 Å². The van der Waals surface area contributed by atoms with Gasteiger partial charge in [-0.2, -0.15) is 18.3 Å². The van der Waals surface area contributed by atoms with Crippen LogP contribution in [-0.2, 0) is 11.7 Å². The predicted molar refractivity (Wildman–Crippen MR) is 69.9 cm³/mol. The van der Waals surface area contributed by atoms with Crippen molar-refractivity contribution in [1.82, 2.24) is 14.8 Å². The summed E-state index contributed by atoms with van der Waals surface area (Å²) in [6, 6.07) is 2.62. The van der Waals surface area contributed by atoms with Crippen molar-refractivity contribution >= 4 is 5.82 Å². The minimum absolute atomic E-state index is 0.244. The molecular weight excluding hydrogens is 269 g/mol. The Morgan fingerprint density at radius 3 is 2.35 bits per heavy atom. The molecule has 0 aliphatic rings. The van der Waals surface area contributed by atoms with Gasteiger partial charge < -0.3 is 5.73 Å². The fourth-order valence-electron chi connectivity index (χ4n) is 1.69. The first kappa shape index (κ1) is 14.4. The molecule has 0 amide bonds. The number of hydrogen-bond donors (Lipinski definition) is 1. The molecule has 0 unspecified atom stereocenters. The molecular formula is C13H15F3N4. The topological polar surface area (TPSA) is 56.7 Å². The van der Waals surface area contributed by atoms with Crippen molar-refractivity contribution in [1.29, 1.82) is 0 Å². The standard InChI is InChI=1S/C13H15F3N4/c1-12(2,3)20-5-4-10(19-20)8-6-9(13(14,15)16)11(17)18-7-8/h4-7H,1-3H3,(H2,17,18). The number of hydrogen-bond acceptors (Lipinski definition) is 3. The minimum Gasteiger partial charge on any atom is -0.383 e. The summed E-state index contributed by atoms with van der Waals surface area (Å²) < 4.78 is 40.1. The van der Waals surface area contributed by atoms with Gasteiger partial charge in [-0.25, -0.2) is 4.98 Å². The number of nitrogens with zero attached hydrogens (tertiary/aromatic N) is 3. The van der Waals surface area contributed by atoms with Gasteiger partial charge >= 0.3 is 6.18 Å². The van der Waals surface area contributed by atoms with Gasteiger partial charge in [0.15, 0.2) is 0 Å². The van der Waals surface area contributed by atoms with Crippen LogP contribution in [0.4, 0.5) is 19.0 Å². The normalized spacial score (nSPS) is 12.7. The summed E-state index contributed by atoms with van der Waals surface area (Å²) in [5, 5.41) is 4.27. The van der Waals surface area contributed by atoms with E-state index >= 15 is 0 Å². The molecule has 7 heteroatoms. The summed E-state index contributed by atoms with van der Waals surface area (Å²) in [7, 11) is 0. The molecule has 0 atom stereocenters. The molecule has 108 valence electrons. The van der Waals surface area contributed by atoms with E-state index in [1.807, 2.05) is 20.8 Å². The summed E-state index contributed by atoms with van der Waals surface area (Å²) in [5.74, 6) is -0.531. The second-order valence-corrected chi connectivity index (χ2v) is 5.47. The zero-order valence-electron chi connectivity index (χ0n) is 11.4. The van der Waals surface area contributed by atoms with E-state index in [0.717, 1.165) is 6.07 Å². The lowest BCUT2D eigenvalue weighted by Gasteiger charge is -2.18. The van der Waals surface area contributed by atoms with Crippen molar-refractivity contribution in [2.24, 2.45) is 0 Å². The zero-order valence-corrected chi connectivity index (χ0v) is 11.4. The maximum atomic E-state index is 12.8. The number of rotatable bonds is 1. The Morgan fingerprint density at radius 1 is 1.20 bits per heavy atom. The molecule has 2 N–H and O–H groups in total. The molecule has 2 aromatic heterocycles. The Labute approximate surface area is 114 Å². The molecule has 0 radical (unpaired) electrons. The van der Waals surface area contributed by atoms with E-state index in [1.54, 1.807) is 16.9 Å². The van der Waals surface area contributed by atoms with Gasteiger partial charge in [0, 0.05) is 18.0 Å². The number of nitrogens with two attached hydrogens (primary N) is 1. The maximum absolute atomic E-state index is 12.8. The average molecular weight is 284 g/mol. The average Bonchev–Trinajstić information content (AvgIpc) is 2.77. The maximum Gasteiger partial charge on any atom is 0.419 e. The zero-order chi connectivity index (χ0) is 15.1. The highest BCUT2D eigenvalue weighted by molar-refractivity contribution is 5.61. The third-order valence-corrected chi connectivity index (χ3v) is 2.80. The first-order chi connectivity index (χ1) is 9.09. The van der Waals surface area contributed by atoms with Gasteiger partial charge in [-0.15, -0.1) is 0 Å². The van der Waals surface area contributed by atoms with E-state index in [4.69, 9.17) is 5.73 Å². The van der Waals surface area contributed by atoms with E-state index in [9.17, 15) is 13.2 Å². The van der Waals surface area contributed by atoms with Crippen LogP contribution in [-0.4, -0.2) is 14.8 Å². The highest BCUT2D eigenvalue weighted by atomic mass is 19.4. The Balaban J connectivity index is 2.47. The van der Waals surface area contributed by atoms with Crippen LogP contribution in [0.25, 0.3) is 11.3 Å². The van der Waals surface area contributed by atoms with Crippen LogP contribution in [0.1, 0.15) is 26.3 Å². The van der Waals surface area contributed by atoms with Crippen molar-refractivity contribution in [3.8, 4) is 11.3 Å². The van der Waals surface area contributed by atoms with Crippen LogP contribution in [0.3, 0.4) is 0 Å². The van der Waals surface area contributed by atoms with Gasteiger partial charge in [-0.05, 0) is 32.9 Å². The Morgan fingerprint density at radius 2 is 1.85 bits per heavy atom. The van der Waals surface area contributed by atoms with Gasteiger partial charge in [0.2, 0.25) is 0 Å². The number of pyridine rings is 1. The molecule has 0 aliphatic heterocycles. The highest BCUT2D eigenvalue weighted by Gasteiger charge is 2.34. The van der Waals surface area contributed by atoms with Gasteiger partial charge in [0.1, 0.15) is 5.82 Å². The fraction of sp³-hybridized carbons (Fsp3) is 0.385. The smallest absolute Gasteiger partial charge is 0.383 e. The molecule has 4 nitrogen and oxygen atoms in total. The van der Waals surface area contributed by atoms with Crippen LogP contribution in [0, 0.1) is 0 Å². The van der Waals surface area contributed by atoms with Crippen LogP contribution in [0.2, 0.25) is 0 Å². The SMILES string of the molecule is CC(C)(C)n1ccc(-c2cnc(N)c(C(F)(F)F)c2)n1. The molecule has 0 aromatic carbocycles. The van der Waals surface area contributed by atoms with Crippen molar-refractivity contribution in [3.05, 3.63) is 30.1 Å². The van der Waals surface area contributed by atoms with Gasteiger partial charge in [0.05, 0.1) is 16.8 Å². The molecule has 2 heterocycles. The van der Waals surface area contributed by atoms with Gasteiger partial charge in [-0.1, -0.05) is 0 Å². The summed E-state index contributed by atoms with van der Waals surface area (Å²) >= 11 is 0. The van der Waals surface area contributed by atoms with Crippen LogP contribution >= 0.6 is 0 Å². The molecule has 0 saturated heterocycles. The summed E-state index contributed by atoms with van der Waals surface area (Å²) in [6.07, 6.45) is -1.52. The molecule has 0 fully saturated rings. The third-order valence-electron chi connectivity index (χ3n) is 2.80. The quantitative estimate of drug-likeness (QED) is 0.874. The molecule has 0 saturated carbocycles. The monoisotopic (exact) mass is 284 g/mol. The van der Waals surface area contributed by atoms with E-state index in [1.165, 1.54) is 6.20 Å². The van der Waals surface area contributed by atoms with E-state index < -0.39 is 17.6 Å². The van der Waals surface area contributed by atoms with Crippen molar-refractivity contribution in [2.75, 3.05) is 5.73 Å². The number of aromatic nitrogens is 3. The molecule has 0 aliphatic carbocycles. The summed E-state index contributed by atoms with van der Waals surface area (Å²) in [4.78, 5) is 3.60. The molecule has 0 spiro atoms. The van der Waals surface area contributed by atoms with E-state index in [-0.39, 0.29) is 11.1 Å². The summed E-state index contributed by atoms with van der Waals surface area (Å²) in [5.41, 5.74) is 4.80. The molecule has 0 bridgehead atoms. The van der Waals surface area contributed by atoms with Crippen LogP contribution < -0.4 is 5.73 Å². The summed E-state index contributed by atoms with van der Waals surface area (Å²) in [6.45, 7) is 5.85. The lowest BCUT2D eigenvalue weighted by molar-refractivity contribution is -0.137. The Hall–Kier alpha value is -2.05. The van der Waals surface area contributed by atoms with Crippen LogP contribution in [0.15, 0.2) is 24.5 Å². The van der Waals surface area contributed by atoms with Crippen molar-refractivity contribution < 1.29 is 13.2 Å². The molecule has 2 rings (SSSR count). The third kappa shape index (κ3) is 2.76. The number of alkyl halides is 3.